The van der Waals surface area contributed by atoms with E-state index in [1.165, 1.54) is 6.92 Å². The van der Waals surface area contributed by atoms with Gasteiger partial charge in [0.25, 0.3) is 5.91 Å². The Kier molecular flexibility index (Phi) is 10.7. The summed E-state index contributed by atoms with van der Waals surface area (Å²) in [6.07, 6.45) is 0. The second kappa shape index (κ2) is 14.2. The minimum atomic E-state index is -0.267. The van der Waals surface area contributed by atoms with E-state index in [1.54, 1.807) is 55.6 Å². The zero-order chi connectivity index (χ0) is 24.9. The van der Waals surface area contributed by atoms with E-state index >= 15 is 0 Å². The first-order valence-electron chi connectivity index (χ1n) is 11.5. The number of rotatable bonds is 16. The topological polar surface area (TPSA) is 108 Å². The first-order valence-corrected chi connectivity index (χ1v) is 11.5. The van der Waals surface area contributed by atoms with Gasteiger partial charge in [0.15, 0.2) is 5.78 Å². The Bertz CT molecular complexity index is 1080. The van der Waals surface area contributed by atoms with Gasteiger partial charge in [0.1, 0.15) is 18.1 Å². The Morgan fingerprint density at radius 1 is 0.800 bits per heavy atom. The number of methoxy groups -OCH3 is 1. The van der Waals surface area contributed by atoms with Crippen LogP contribution in [0.1, 0.15) is 27.8 Å². The molecule has 1 heterocycles. The summed E-state index contributed by atoms with van der Waals surface area (Å²) >= 11 is 0. The van der Waals surface area contributed by atoms with Crippen LogP contribution in [0.5, 0.6) is 5.75 Å². The molecule has 188 valence electrons. The van der Waals surface area contributed by atoms with Crippen molar-refractivity contribution in [2.24, 2.45) is 0 Å². The molecular weight excluding hydrogens is 452 g/mol. The van der Waals surface area contributed by atoms with E-state index in [1.807, 2.05) is 0 Å². The maximum absolute atomic E-state index is 12.6. The highest BCUT2D eigenvalue weighted by molar-refractivity contribution is 6.06. The summed E-state index contributed by atoms with van der Waals surface area (Å²) < 4.78 is 26.7. The van der Waals surface area contributed by atoms with Crippen molar-refractivity contribution < 1.29 is 33.3 Å². The molecule has 0 aliphatic carbocycles. The number of fused-ring (bicyclic) bond motifs is 1. The van der Waals surface area contributed by atoms with E-state index in [9.17, 15) is 9.59 Å². The Balaban J connectivity index is 1.32. The summed E-state index contributed by atoms with van der Waals surface area (Å²) in [7, 11) is 1.64. The zero-order valence-electron chi connectivity index (χ0n) is 20.1. The summed E-state index contributed by atoms with van der Waals surface area (Å²) in [5.74, 6) is 0.396. The molecule has 3 rings (SSSR count). The van der Waals surface area contributed by atoms with Crippen LogP contribution in [0.3, 0.4) is 0 Å². The second-order valence-corrected chi connectivity index (χ2v) is 7.70. The highest BCUT2D eigenvalue weighted by atomic mass is 16.6. The number of H-pyrrole nitrogens is 1. The van der Waals surface area contributed by atoms with Crippen LogP contribution in [0.15, 0.2) is 48.5 Å². The van der Waals surface area contributed by atoms with E-state index in [4.69, 9.17) is 23.7 Å². The fourth-order valence-electron chi connectivity index (χ4n) is 3.21. The Labute approximate surface area is 204 Å². The van der Waals surface area contributed by atoms with Crippen molar-refractivity contribution in [3.8, 4) is 5.75 Å². The molecule has 1 amide bonds. The predicted octanol–water partition coefficient (Wildman–Crippen LogP) is 3.70. The first kappa shape index (κ1) is 26.4. The first-order chi connectivity index (χ1) is 17.1. The number of benzene rings is 2. The molecule has 0 atom stereocenters. The van der Waals surface area contributed by atoms with Crippen LogP contribution in [0.25, 0.3) is 10.9 Å². The van der Waals surface area contributed by atoms with Crippen LogP contribution in [0, 0.1) is 0 Å². The van der Waals surface area contributed by atoms with Gasteiger partial charge in [0.2, 0.25) is 0 Å². The zero-order valence-corrected chi connectivity index (χ0v) is 20.1. The molecule has 0 spiro atoms. The number of hydrogen-bond acceptors (Lipinski definition) is 7. The molecule has 35 heavy (non-hydrogen) atoms. The van der Waals surface area contributed by atoms with Crippen LogP contribution in [-0.4, -0.2) is 76.6 Å². The number of aromatic nitrogens is 1. The minimum absolute atomic E-state index is 0.0161. The number of amides is 1. The van der Waals surface area contributed by atoms with Crippen LogP contribution < -0.4 is 10.1 Å². The van der Waals surface area contributed by atoms with Crippen LogP contribution >= 0.6 is 0 Å². The molecule has 0 radical (unpaired) electrons. The highest BCUT2D eigenvalue weighted by Crippen LogP contribution is 2.20. The molecule has 9 heteroatoms. The molecule has 0 saturated carbocycles. The van der Waals surface area contributed by atoms with E-state index in [0.717, 1.165) is 10.9 Å². The normalized spacial score (nSPS) is 11.0. The highest BCUT2D eigenvalue weighted by Gasteiger charge is 2.11. The van der Waals surface area contributed by atoms with E-state index in [2.05, 4.69) is 10.3 Å². The average Bonchev–Trinajstić information content (AvgIpc) is 3.29. The number of nitrogens with one attached hydrogen (secondary N) is 2. The number of aromatic amines is 1. The number of carbonyl (C=O) groups is 2. The molecule has 0 aliphatic rings. The fraction of sp³-hybridized carbons (Fsp3) is 0.385. The molecule has 2 aromatic carbocycles. The maximum Gasteiger partial charge on any atom is 0.272 e. The Morgan fingerprint density at radius 2 is 1.43 bits per heavy atom. The van der Waals surface area contributed by atoms with Crippen molar-refractivity contribution in [2.75, 3.05) is 65.3 Å². The molecule has 2 N–H and O–H groups in total. The van der Waals surface area contributed by atoms with Gasteiger partial charge in [-0.3, -0.25) is 9.59 Å². The smallest absolute Gasteiger partial charge is 0.272 e. The van der Waals surface area contributed by atoms with Crippen LogP contribution in [0.2, 0.25) is 0 Å². The number of carbonyl (C=O) groups excluding carboxylic acids is 2. The number of ketones is 1. The van der Waals surface area contributed by atoms with Crippen molar-refractivity contribution in [1.29, 1.82) is 0 Å². The van der Waals surface area contributed by atoms with Crippen LogP contribution in [-0.2, 0) is 18.9 Å². The van der Waals surface area contributed by atoms with Crippen molar-refractivity contribution in [2.45, 2.75) is 6.92 Å². The SMILES string of the molecule is COCCOCCOCCOCCOc1ccc(NC(=O)c2cc3cc(C(C)=O)ccc3[nH]2)cc1. The van der Waals surface area contributed by atoms with Gasteiger partial charge in [-0.2, -0.15) is 0 Å². The van der Waals surface area contributed by atoms with Gasteiger partial charge in [0, 0.05) is 29.3 Å². The van der Waals surface area contributed by atoms with Gasteiger partial charge >= 0.3 is 0 Å². The number of anilines is 1. The third-order valence-electron chi connectivity index (χ3n) is 5.06. The molecule has 0 fully saturated rings. The van der Waals surface area contributed by atoms with Gasteiger partial charge in [-0.1, -0.05) is 0 Å². The third-order valence-corrected chi connectivity index (χ3v) is 5.06. The quantitative estimate of drug-likeness (QED) is 0.236. The lowest BCUT2D eigenvalue weighted by Gasteiger charge is -2.09. The monoisotopic (exact) mass is 484 g/mol. The lowest BCUT2D eigenvalue weighted by atomic mass is 10.1. The minimum Gasteiger partial charge on any atom is -0.491 e. The summed E-state index contributed by atoms with van der Waals surface area (Å²) in [4.78, 5) is 27.2. The molecule has 0 unspecified atom stereocenters. The standard InChI is InChI=1S/C26H32N2O7/c1-19(29)20-3-8-24-21(17-20)18-25(28-24)26(30)27-22-4-6-23(7-5-22)35-16-15-34-14-13-33-12-11-32-10-9-31-2/h3-8,17-18,28H,9-16H2,1-2H3,(H,27,30). The predicted molar refractivity (Wildman–Crippen MR) is 133 cm³/mol. The van der Waals surface area contributed by atoms with E-state index in [-0.39, 0.29) is 11.7 Å². The molecule has 9 nitrogen and oxygen atoms in total. The largest absolute Gasteiger partial charge is 0.491 e. The van der Waals surface area contributed by atoms with Gasteiger partial charge < -0.3 is 34.0 Å². The summed E-state index contributed by atoms with van der Waals surface area (Å²) in [5.41, 5.74) is 2.47. The van der Waals surface area contributed by atoms with Gasteiger partial charge in [-0.25, -0.2) is 0 Å². The van der Waals surface area contributed by atoms with Gasteiger partial charge in [0.05, 0.1) is 46.2 Å². The van der Waals surface area contributed by atoms with E-state index < -0.39 is 0 Å². The van der Waals surface area contributed by atoms with Gasteiger partial charge in [-0.15, -0.1) is 0 Å². The lowest BCUT2D eigenvalue weighted by Crippen LogP contribution is -2.13. The molecule has 0 aliphatic heterocycles. The van der Waals surface area contributed by atoms with Crippen molar-refractivity contribution in [3.63, 3.8) is 0 Å². The summed E-state index contributed by atoms with van der Waals surface area (Å²) in [6.45, 7) is 5.54. The average molecular weight is 485 g/mol. The molecular formula is C26H32N2O7. The third kappa shape index (κ3) is 8.80. The number of Topliss-reactive ketones (excluding diaryl/α,β-unsaturated/α-hetero) is 1. The van der Waals surface area contributed by atoms with Crippen molar-refractivity contribution in [1.82, 2.24) is 4.98 Å². The maximum atomic E-state index is 12.6. The van der Waals surface area contributed by atoms with Crippen molar-refractivity contribution >= 4 is 28.3 Å². The Morgan fingerprint density at radius 3 is 2.06 bits per heavy atom. The molecule has 1 aromatic heterocycles. The fourth-order valence-corrected chi connectivity index (χ4v) is 3.21. The summed E-state index contributed by atoms with van der Waals surface area (Å²) in [6, 6.07) is 14.2. The molecule has 0 saturated heterocycles. The molecule has 3 aromatic rings. The summed E-state index contributed by atoms with van der Waals surface area (Å²) in [5, 5.41) is 3.66. The molecule has 0 bridgehead atoms. The van der Waals surface area contributed by atoms with E-state index in [0.29, 0.717) is 75.5 Å². The van der Waals surface area contributed by atoms with Crippen molar-refractivity contribution in [3.05, 3.63) is 59.8 Å². The van der Waals surface area contributed by atoms with Gasteiger partial charge in [-0.05, 0) is 55.5 Å². The van der Waals surface area contributed by atoms with Crippen LogP contribution in [0.4, 0.5) is 5.69 Å². The lowest BCUT2D eigenvalue weighted by molar-refractivity contribution is 0.000164. The second-order valence-electron chi connectivity index (χ2n) is 7.70. The number of ether oxygens (including phenoxy) is 5. The Hall–Kier alpha value is -3.24. The number of hydrogen-bond donors (Lipinski definition) is 2.